The van der Waals surface area contributed by atoms with E-state index in [0.717, 1.165) is 29.1 Å². The first kappa shape index (κ1) is 20.1. The molecule has 0 bridgehead atoms. The minimum Gasteiger partial charge on any atom is -0.375 e. The molecule has 1 heterocycles. The molecule has 3 aromatic carbocycles. The van der Waals surface area contributed by atoms with Crippen molar-refractivity contribution in [2.75, 3.05) is 25.0 Å². The second-order valence-electron chi connectivity index (χ2n) is 7.14. The van der Waals surface area contributed by atoms with Crippen LogP contribution in [0.5, 0.6) is 0 Å². The molecule has 0 saturated heterocycles. The zero-order valence-corrected chi connectivity index (χ0v) is 17.6. The highest BCUT2D eigenvalue weighted by atomic mass is 32.2. The van der Waals surface area contributed by atoms with E-state index in [-0.39, 0.29) is 4.90 Å². The summed E-state index contributed by atoms with van der Waals surface area (Å²) in [6.45, 7) is 1.13. The Morgan fingerprint density at radius 3 is 2.40 bits per heavy atom. The standard InChI is InChI=1S/C23H24N4O2S/c1-27(19-11-6-3-7-12-19)16-8-15-24-30(28,29)20-13-14-21-22(17-20)26-23(25-21)18-9-4-2-5-10-18/h2-7,9-14,17,24H,8,15-16H2,1H3,(H,25,26). The second-order valence-corrected chi connectivity index (χ2v) is 8.91. The number of aromatic nitrogens is 2. The highest BCUT2D eigenvalue weighted by Gasteiger charge is 2.15. The molecular formula is C23H24N4O2S. The van der Waals surface area contributed by atoms with Crippen LogP contribution in [-0.2, 0) is 10.0 Å². The zero-order chi connectivity index (χ0) is 21.0. The summed E-state index contributed by atoms with van der Waals surface area (Å²) in [6.07, 6.45) is 0.703. The summed E-state index contributed by atoms with van der Waals surface area (Å²) in [5.74, 6) is 0.719. The van der Waals surface area contributed by atoms with E-state index in [9.17, 15) is 8.42 Å². The van der Waals surface area contributed by atoms with Gasteiger partial charge in [-0.3, -0.25) is 0 Å². The second kappa shape index (κ2) is 8.69. The van der Waals surface area contributed by atoms with Gasteiger partial charge in [0.2, 0.25) is 10.0 Å². The number of aromatic amines is 1. The van der Waals surface area contributed by atoms with Crippen LogP contribution in [0.15, 0.2) is 83.8 Å². The predicted molar refractivity (Wildman–Crippen MR) is 121 cm³/mol. The Morgan fingerprint density at radius 1 is 0.967 bits per heavy atom. The summed E-state index contributed by atoms with van der Waals surface area (Å²) >= 11 is 0. The van der Waals surface area contributed by atoms with Crippen molar-refractivity contribution in [2.24, 2.45) is 0 Å². The fourth-order valence-electron chi connectivity index (χ4n) is 3.31. The van der Waals surface area contributed by atoms with Gasteiger partial charge >= 0.3 is 0 Å². The van der Waals surface area contributed by atoms with Crippen molar-refractivity contribution < 1.29 is 8.42 Å². The zero-order valence-electron chi connectivity index (χ0n) is 16.7. The summed E-state index contributed by atoms with van der Waals surface area (Å²) in [6, 6.07) is 24.7. The molecule has 0 aliphatic carbocycles. The van der Waals surface area contributed by atoms with Crippen LogP contribution in [0, 0.1) is 0 Å². The molecule has 6 nitrogen and oxygen atoms in total. The van der Waals surface area contributed by atoms with Crippen LogP contribution in [0.4, 0.5) is 5.69 Å². The van der Waals surface area contributed by atoms with E-state index in [4.69, 9.17) is 0 Å². The number of fused-ring (bicyclic) bond motifs is 1. The lowest BCUT2D eigenvalue weighted by atomic mass is 10.2. The summed E-state index contributed by atoms with van der Waals surface area (Å²) in [7, 11) is -1.59. The highest BCUT2D eigenvalue weighted by molar-refractivity contribution is 7.89. The van der Waals surface area contributed by atoms with E-state index in [1.165, 1.54) is 0 Å². The molecule has 4 rings (SSSR count). The SMILES string of the molecule is CN(CCCNS(=O)(=O)c1ccc2nc(-c3ccccc3)[nH]c2c1)c1ccccc1. The maximum Gasteiger partial charge on any atom is 0.240 e. The number of para-hydroxylation sites is 1. The van der Waals surface area contributed by atoms with E-state index in [2.05, 4.69) is 19.6 Å². The van der Waals surface area contributed by atoms with Crippen molar-refractivity contribution >= 4 is 26.7 Å². The highest BCUT2D eigenvalue weighted by Crippen LogP contribution is 2.22. The van der Waals surface area contributed by atoms with Gasteiger partial charge in [-0.2, -0.15) is 0 Å². The molecule has 0 unspecified atom stereocenters. The summed E-state index contributed by atoms with van der Waals surface area (Å²) < 4.78 is 28.1. The Labute approximate surface area is 176 Å². The van der Waals surface area contributed by atoms with Crippen LogP contribution in [0.3, 0.4) is 0 Å². The van der Waals surface area contributed by atoms with Crippen LogP contribution in [0.25, 0.3) is 22.4 Å². The quantitative estimate of drug-likeness (QED) is 0.422. The summed E-state index contributed by atoms with van der Waals surface area (Å²) in [4.78, 5) is 10.1. The molecule has 0 fully saturated rings. The molecule has 1 aromatic heterocycles. The Balaban J connectivity index is 1.41. The Hall–Kier alpha value is -3.16. The maximum atomic E-state index is 12.7. The van der Waals surface area contributed by atoms with E-state index in [0.29, 0.717) is 18.5 Å². The molecule has 0 atom stereocenters. The van der Waals surface area contributed by atoms with Gasteiger partial charge in [0.1, 0.15) is 5.82 Å². The maximum absolute atomic E-state index is 12.7. The van der Waals surface area contributed by atoms with Crippen molar-refractivity contribution in [3.63, 3.8) is 0 Å². The third-order valence-corrected chi connectivity index (χ3v) is 6.43. The van der Waals surface area contributed by atoms with Gasteiger partial charge in [-0.1, -0.05) is 48.5 Å². The number of sulfonamides is 1. The average molecular weight is 421 g/mol. The van der Waals surface area contributed by atoms with Crippen LogP contribution in [0.2, 0.25) is 0 Å². The number of hydrogen-bond donors (Lipinski definition) is 2. The molecular weight excluding hydrogens is 396 g/mol. The molecule has 2 N–H and O–H groups in total. The van der Waals surface area contributed by atoms with Crippen molar-refractivity contribution in [3.05, 3.63) is 78.9 Å². The van der Waals surface area contributed by atoms with Crippen LogP contribution < -0.4 is 9.62 Å². The minimum atomic E-state index is -3.59. The molecule has 154 valence electrons. The van der Waals surface area contributed by atoms with Crippen molar-refractivity contribution in [2.45, 2.75) is 11.3 Å². The lowest BCUT2D eigenvalue weighted by Gasteiger charge is -2.19. The first-order valence-corrected chi connectivity index (χ1v) is 11.3. The van der Waals surface area contributed by atoms with Crippen molar-refractivity contribution in [3.8, 4) is 11.4 Å². The van der Waals surface area contributed by atoms with Gasteiger partial charge in [0, 0.05) is 31.4 Å². The van der Waals surface area contributed by atoms with Crippen LogP contribution in [0.1, 0.15) is 6.42 Å². The van der Waals surface area contributed by atoms with Gasteiger partial charge in [0.15, 0.2) is 0 Å². The lowest BCUT2D eigenvalue weighted by Crippen LogP contribution is -2.28. The number of nitrogens with zero attached hydrogens (tertiary/aromatic N) is 2. The third kappa shape index (κ3) is 4.53. The van der Waals surface area contributed by atoms with Crippen molar-refractivity contribution in [1.82, 2.24) is 14.7 Å². The Bertz CT molecular complexity index is 1220. The molecule has 0 aliphatic rings. The molecule has 0 radical (unpaired) electrons. The Morgan fingerprint density at radius 2 is 1.67 bits per heavy atom. The molecule has 0 saturated carbocycles. The smallest absolute Gasteiger partial charge is 0.240 e. The fourth-order valence-corrected chi connectivity index (χ4v) is 4.41. The van der Waals surface area contributed by atoms with E-state index >= 15 is 0 Å². The van der Waals surface area contributed by atoms with Gasteiger partial charge in [0.05, 0.1) is 15.9 Å². The molecule has 0 aliphatic heterocycles. The third-order valence-electron chi connectivity index (χ3n) is 4.97. The van der Waals surface area contributed by atoms with Gasteiger partial charge in [0.25, 0.3) is 0 Å². The first-order chi connectivity index (χ1) is 14.5. The largest absolute Gasteiger partial charge is 0.375 e. The number of anilines is 1. The average Bonchev–Trinajstić information content (AvgIpc) is 3.21. The summed E-state index contributed by atoms with van der Waals surface area (Å²) in [5, 5.41) is 0. The molecule has 4 aromatic rings. The Kier molecular flexibility index (Phi) is 5.83. The number of benzene rings is 3. The summed E-state index contributed by atoms with van der Waals surface area (Å²) in [5.41, 5.74) is 3.50. The topological polar surface area (TPSA) is 78.1 Å². The normalized spacial score (nSPS) is 11.6. The number of rotatable bonds is 8. The fraction of sp³-hybridized carbons (Fsp3) is 0.174. The van der Waals surface area contributed by atoms with Gasteiger partial charge in [-0.25, -0.2) is 18.1 Å². The molecule has 0 amide bonds. The molecule has 7 heteroatoms. The van der Waals surface area contributed by atoms with Gasteiger partial charge in [-0.15, -0.1) is 0 Å². The van der Waals surface area contributed by atoms with Gasteiger partial charge in [-0.05, 0) is 36.8 Å². The molecule has 30 heavy (non-hydrogen) atoms. The number of H-pyrrole nitrogens is 1. The minimum absolute atomic E-state index is 0.231. The predicted octanol–water partition coefficient (Wildman–Crippen LogP) is 4.03. The van der Waals surface area contributed by atoms with Gasteiger partial charge < -0.3 is 9.88 Å². The van der Waals surface area contributed by atoms with E-state index < -0.39 is 10.0 Å². The van der Waals surface area contributed by atoms with Crippen molar-refractivity contribution in [1.29, 1.82) is 0 Å². The molecule has 0 spiro atoms. The first-order valence-electron chi connectivity index (χ1n) is 9.84. The van der Waals surface area contributed by atoms with Crippen LogP contribution in [-0.4, -0.2) is 38.5 Å². The number of hydrogen-bond acceptors (Lipinski definition) is 4. The lowest BCUT2D eigenvalue weighted by molar-refractivity contribution is 0.579. The number of imidazole rings is 1. The number of nitrogens with one attached hydrogen (secondary N) is 2. The van der Waals surface area contributed by atoms with E-state index in [1.54, 1.807) is 18.2 Å². The monoisotopic (exact) mass is 420 g/mol. The van der Waals surface area contributed by atoms with E-state index in [1.807, 2.05) is 67.7 Å². The van der Waals surface area contributed by atoms with Crippen LogP contribution >= 0.6 is 0 Å².